The van der Waals surface area contributed by atoms with Crippen molar-refractivity contribution in [2.45, 2.75) is 6.54 Å². The molecule has 1 heterocycles. The monoisotopic (exact) mass is 373 g/mol. The Morgan fingerprint density at radius 3 is 2.58 bits per heavy atom. The van der Waals surface area contributed by atoms with Crippen LogP contribution in [0.3, 0.4) is 0 Å². The van der Waals surface area contributed by atoms with E-state index < -0.39 is 0 Å². The van der Waals surface area contributed by atoms with Crippen LogP contribution >= 0.6 is 11.6 Å². The van der Waals surface area contributed by atoms with Crippen LogP contribution in [0, 0.1) is 0 Å². The summed E-state index contributed by atoms with van der Waals surface area (Å²) in [4.78, 5) is 16.5. The van der Waals surface area contributed by atoms with Crippen LogP contribution in [0.25, 0.3) is 11.4 Å². The molecule has 3 aromatic rings. The molecule has 0 unspecified atom stereocenters. The summed E-state index contributed by atoms with van der Waals surface area (Å²) in [6, 6.07) is 12.0. The highest BCUT2D eigenvalue weighted by Crippen LogP contribution is 2.25. The third-order valence-corrected chi connectivity index (χ3v) is 3.93. The van der Waals surface area contributed by atoms with Gasteiger partial charge in [0.15, 0.2) is 0 Å². The van der Waals surface area contributed by atoms with E-state index in [-0.39, 0.29) is 12.5 Å². The third-order valence-electron chi connectivity index (χ3n) is 3.63. The summed E-state index contributed by atoms with van der Waals surface area (Å²) in [6.07, 6.45) is 0. The Kier molecular flexibility index (Phi) is 5.38. The normalized spacial score (nSPS) is 10.4. The van der Waals surface area contributed by atoms with Crippen molar-refractivity contribution in [3.63, 3.8) is 0 Å². The average Bonchev–Trinajstić information content (AvgIpc) is 3.15. The van der Waals surface area contributed by atoms with E-state index in [9.17, 15) is 4.79 Å². The first kappa shape index (κ1) is 17.8. The lowest BCUT2D eigenvalue weighted by atomic mass is 10.2. The van der Waals surface area contributed by atoms with Gasteiger partial charge in [0.1, 0.15) is 11.5 Å². The number of ether oxygens (including phenoxy) is 2. The van der Waals surface area contributed by atoms with Crippen LogP contribution in [0.1, 0.15) is 16.2 Å². The molecule has 0 saturated carbocycles. The highest BCUT2D eigenvalue weighted by molar-refractivity contribution is 6.32. The lowest BCUT2D eigenvalue weighted by molar-refractivity contribution is 0.0946. The predicted octanol–water partition coefficient (Wildman–Crippen LogP) is 3.34. The second-order valence-electron chi connectivity index (χ2n) is 5.27. The second-order valence-corrected chi connectivity index (χ2v) is 5.68. The topological polar surface area (TPSA) is 86.5 Å². The number of methoxy groups -OCH3 is 2. The number of hydrogen-bond acceptors (Lipinski definition) is 6. The van der Waals surface area contributed by atoms with Crippen molar-refractivity contribution in [3.05, 3.63) is 58.9 Å². The Labute approximate surface area is 154 Å². The predicted molar refractivity (Wildman–Crippen MR) is 95.5 cm³/mol. The van der Waals surface area contributed by atoms with Gasteiger partial charge in [-0.25, -0.2) is 0 Å². The number of hydrogen-bond donors (Lipinski definition) is 1. The molecule has 1 aromatic heterocycles. The van der Waals surface area contributed by atoms with Crippen molar-refractivity contribution in [2.24, 2.45) is 0 Å². The van der Waals surface area contributed by atoms with Crippen LogP contribution in [-0.4, -0.2) is 30.3 Å². The largest absolute Gasteiger partial charge is 0.497 e. The minimum Gasteiger partial charge on any atom is -0.497 e. The molecule has 0 saturated heterocycles. The van der Waals surface area contributed by atoms with Gasteiger partial charge in [0.2, 0.25) is 11.7 Å². The molecule has 0 radical (unpaired) electrons. The summed E-state index contributed by atoms with van der Waals surface area (Å²) >= 11 is 6.03. The van der Waals surface area contributed by atoms with Crippen LogP contribution in [0.4, 0.5) is 0 Å². The van der Waals surface area contributed by atoms with E-state index in [1.54, 1.807) is 31.4 Å². The van der Waals surface area contributed by atoms with E-state index in [0.717, 1.165) is 11.3 Å². The molecule has 8 heteroatoms. The smallest absolute Gasteiger partial charge is 0.251 e. The molecule has 0 aliphatic heterocycles. The van der Waals surface area contributed by atoms with Crippen molar-refractivity contribution in [1.29, 1.82) is 0 Å². The maximum atomic E-state index is 12.2. The number of rotatable bonds is 6. The SMILES string of the molecule is COc1ccc(-c2noc(CNC(=O)c3ccc(OC)c(Cl)c3)n2)cc1. The molecular formula is C18H16ClN3O4. The molecule has 0 aliphatic carbocycles. The summed E-state index contributed by atoms with van der Waals surface area (Å²) in [7, 11) is 3.11. The molecule has 7 nitrogen and oxygen atoms in total. The summed E-state index contributed by atoms with van der Waals surface area (Å²) in [5.41, 5.74) is 1.19. The molecule has 0 atom stereocenters. The molecule has 0 fully saturated rings. The average molecular weight is 374 g/mol. The summed E-state index contributed by atoms with van der Waals surface area (Å²) in [5, 5.41) is 6.98. The number of halogens is 1. The van der Waals surface area contributed by atoms with Crippen LogP contribution in [-0.2, 0) is 6.54 Å². The van der Waals surface area contributed by atoms with Crippen LogP contribution in [0.15, 0.2) is 47.0 Å². The van der Waals surface area contributed by atoms with E-state index in [1.807, 2.05) is 12.1 Å². The molecule has 0 bridgehead atoms. The van der Waals surface area contributed by atoms with E-state index in [0.29, 0.717) is 28.1 Å². The molecule has 3 rings (SSSR count). The number of nitrogens with zero attached hydrogens (tertiary/aromatic N) is 2. The maximum absolute atomic E-state index is 12.2. The molecule has 1 N–H and O–H groups in total. The first-order valence-corrected chi connectivity index (χ1v) is 8.07. The van der Waals surface area contributed by atoms with Crippen molar-refractivity contribution in [1.82, 2.24) is 15.5 Å². The van der Waals surface area contributed by atoms with Gasteiger partial charge in [-0.1, -0.05) is 16.8 Å². The van der Waals surface area contributed by atoms with E-state index >= 15 is 0 Å². The lowest BCUT2D eigenvalue weighted by Gasteiger charge is -2.06. The molecule has 0 spiro atoms. The second kappa shape index (κ2) is 7.88. The summed E-state index contributed by atoms with van der Waals surface area (Å²) in [6.45, 7) is 0.103. The van der Waals surface area contributed by atoms with E-state index in [1.165, 1.54) is 13.2 Å². The van der Waals surface area contributed by atoms with Crippen molar-refractivity contribution in [2.75, 3.05) is 14.2 Å². The Morgan fingerprint density at radius 1 is 1.15 bits per heavy atom. The van der Waals surface area contributed by atoms with Gasteiger partial charge >= 0.3 is 0 Å². The minimum absolute atomic E-state index is 0.103. The van der Waals surface area contributed by atoms with Gasteiger partial charge in [-0.3, -0.25) is 4.79 Å². The first-order chi connectivity index (χ1) is 12.6. The quantitative estimate of drug-likeness (QED) is 0.713. The molecule has 1 amide bonds. The van der Waals surface area contributed by atoms with Crippen LogP contribution in [0.2, 0.25) is 5.02 Å². The highest BCUT2D eigenvalue weighted by Gasteiger charge is 2.12. The van der Waals surface area contributed by atoms with Gasteiger partial charge in [-0.15, -0.1) is 0 Å². The summed E-state index contributed by atoms with van der Waals surface area (Å²) in [5.74, 6) is 1.67. The number of nitrogens with one attached hydrogen (secondary N) is 1. The van der Waals surface area contributed by atoms with Crippen molar-refractivity contribution >= 4 is 17.5 Å². The fraction of sp³-hybridized carbons (Fsp3) is 0.167. The van der Waals surface area contributed by atoms with Crippen molar-refractivity contribution < 1.29 is 18.8 Å². The zero-order chi connectivity index (χ0) is 18.5. The number of amides is 1. The van der Waals surface area contributed by atoms with Crippen molar-refractivity contribution in [3.8, 4) is 22.9 Å². The maximum Gasteiger partial charge on any atom is 0.251 e. The van der Waals surface area contributed by atoms with Gasteiger partial charge in [0.05, 0.1) is 25.8 Å². The Balaban J connectivity index is 1.64. The number of aromatic nitrogens is 2. The van der Waals surface area contributed by atoms with Gasteiger partial charge < -0.3 is 19.3 Å². The number of carbonyl (C=O) groups is 1. The fourth-order valence-corrected chi connectivity index (χ4v) is 2.51. The molecule has 26 heavy (non-hydrogen) atoms. The molecule has 134 valence electrons. The van der Waals surface area contributed by atoms with Gasteiger partial charge in [0.25, 0.3) is 5.91 Å². The van der Waals surface area contributed by atoms with Gasteiger partial charge in [0, 0.05) is 11.1 Å². The zero-order valence-electron chi connectivity index (χ0n) is 14.2. The van der Waals surface area contributed by atoms with Gasteiger partial charge in [-0.2, -0.15) is 4.98 Å². The van der Waals surface area contributed by atoms with Crippen LogP contribution in [0.5, 0.6) is 11.5 Å². The lowest BCUT2D eigenvalue weighted by Crippen LogP contribution is -2.22. The zero-order valence-corrected chi connectivity index (χ0v) is 14.9. The minimum atomic E-state index is -0.307. The van der Waals surface area contributed by atoms with Gasteiger partial charge in [-0.05, 0) is 42.5 Å². The van der Waals surface area contributed by atoms with E-state index in [4.69, 9.17) is 25.6 Å². The summed E-state index contributed by atoms with van der Waals surface area (Å²) < 4.78 is 15.3. The number of carbonyl (C=O) groups excluding carboxylic acids is 1. The van der Waals surface area contributed by atoms with Crippen LogP contribution < -0.4 is 14.8 Å². The molecule has 0 aliphatic rings. The molecular weight excluding hydrogens is 358 g/mol. The Hall–Kier alpha value is -3.06. The highest BCUT2D eigenvalue weighted by atomic mass is 35.5. The fourth-order valence-electron chi connectivity index (χ4n) is 2.25. The molecule has 2 aromatic carbocycles. The first-order valence-electron chi connectivity index (χ1n) is 7.69. The standard InChI is InChI=1S/C18H16ClN3O4/c1-24-13-6-3-11(4-7-13)17-21-16(26-22-17)10-20-18(23)12-5-8-15(25-2)14(19)9-12/h3-9H,10H2,1-2H3,(H,20,23). The Bertz CT molecular complexity index is 909. The van der Waals surface area contributed by atoms with E-state index in [2.05, 4.69) is 15.5 Å². The third kappa shape index (κ3) is 3.94. The Morgan fingerprint density at radius 2 is 1.92 bits per heavy atom. The number of benzene rings is 2.